The van der Waals surface area contributed by atoms with Crippen molar-refractivity contribution in [2.75, 3.05) is 0 Å². The molecule has 1 aromatic rings. The van der Waals surface area contributed by atoms with Crippen LogP contribution in [0.15, 0.2) is 23.8 Å². The molecule has 0 unspecified atom stereocenters. The van der Waals surface area contributed by atoms with Crippen LogP contribution >= 0.6 is 0 Å². The van der Waals surface area contributed by atoms with E-state index in [1.807, 2.05) is 0 Å². The lowest BCUT2D eigenvalue weighted by Gasteiger charge is -2.01. The van der Waals surface area contributed by atoms with Crippen molar-refractivity contribution in [3.05, 3.63) is 29.3 Å². The van der Waals surface area contributed by atoms with Crippen molar-refractivity contribution in [3.63, 3.8) is 0 Å². The quantitative estimate of drug-likeness (QED) is 0.300. The van der Waals surface area contributed by atoms with Crippen molar-refractivity contribution >= 4 is 17.8 Å². The van der Waals surface area contributed by atoms with Crippen LogP contribution in [0.4, 0.5) is 0 Å². The van der Waals surface area contributed by atoms with Gasteiger partial charge in [-0.25, -0.2) is 0 Å². The molecule has 0 bridgehead atoms. The molecule has 0 radical (unpaired) electrons. The number of Topliss-reactive ketones (excluding diaryl/α,β-unsaturated/α-hetero) is 1. The second kappa shape index (κ2) is 4.48. The smallest absolute Gasteiger partial charge is 0.252 e. The number of aromatic hydroxyl groups is 2. The zero-order chi connectivity index (χ0) is 12.3. The van der Waals surface area contributed by atoms with Gasteiger partial charge in [-0.2, -0.15) is 0 Å². The van der Waals surface area contributed by atoms with E-state index in [1.54, 1.807) is 0 Å². The molecule has 0 spiro atoms. The van der Waals surface area contributed by atoms with Crippen molar-refractivity contribution in [1.82, 2.24) is 0 Å². The topological polar surface area (TPSA) is 101 Å². The predicted molar refractivity (Wildman–Crippen MR) is 57.6 cm³/mol. The van der Waals surface area contributed by atoms with Gasteiger partial charge < -0.3 is 15.9 Å². The van der Waals surface area contributed by atoms with Gasteiger partial charge in [0.15, 0.2) is 17.3 Å². The van der Waals surface area contributed by atoms with Gasteiger partial charge in [0.05, 0.1) is 5.57 Å². The van der Waals surface area contributed by atoms with Crippen LogP contribution in [0.1, 0.15) is 12.5 Å². The molecule has 0 aliphatic heterocycles. The molecule has 0 saturated carbocycles. The SMILES string of the molecule is CC(=O)/C(=C\c1ccc(O)c(O)c1)C(N)=O. The van der Waals surface area contributed by atoms with Gasteiger partial charge in [0.2, 0.25) is 0 Å². The zero-order valence-corrected chi connectivity index (χ0v) is 8.60. The largest absolute Gasteiger partial charge is 0.504 e. The Morgan fingerprint density at radius 1 is 1.25 bits per heavy atom. The number of hydrogen-bond donors (Lipinski definition) is 3. The molecule has 5 nitrogen and oxygen atoms in total. The van der Waals surface area contributed by atoms with Gasteiger partial charge in [-0.1, -0.05) is 6.07 Å². The average molecular weight is 221 g/mol. The lowest BCUT2D eigenvalue weighted by molar-refractivity contribution is -0.119. The highest BCUT2D eigenvalue weighted by molar-refractivity contribution is 6.21. The number of nitrogens with two attached hydrogens (primary N) is 1. The number of amides is 1. The van der Waals surface area contributed by atoms with E-state index in [1.165, 1.54) is 31.2 Å². The van der Waals surface area contributed by atoms with Gasteiger partial charge in [0.25, 0.3) is 5.91 Å². The van der Waals surface area contributed by atoms with E-state index in [2.05, 4.69) is 0 Å². The molecule has 0 aliphatic carbocycles. The van der Waals surface area contributed by atoms with Crippen LogP contribution in [0.5, 0.6) is 11.5 Å². The predicted octanol–water partition coefficient (Wildman–Crippen LogP) is 0.556. The highest BCUT2D eigenvalue weighted by Crippen LogP contribution is 2.25. The third kappa shape index (κ3) is 2.60. The van der Waals surface area contributed by atoms with Crippen molar-refractivity contribution in [2.45, 2.75) is 6.92 Å². The first-order valence-corrected chi connectivity index (χ1v) is 4.46. The number of benzene rings is 1. The fraction of sp³-hybridized carbons (Fsp3) is 0.0909. The lowest BCUT2D eigenvalue weighted by atomic mass is 10.1. The van der Waals surface area contributed by atoms with Crippen LogP contribution in [0.3, 0.4) is 0 Å². The van der Waals surface area contributed by atoms with E-state index in [0.717, 1.165) is 0 Å². The third-order valence-corrected chi connectivity index (χ3v) is 1.96. The summed E-state index contributed by atoms with van der Waals surface area (Å²) in [6, 6.07) is 3.92. The summed E-state index contributed by atoms with van der Waals surface area (Å²) >= 11 is 0. The molecule has 84 valence electrons. The summed E-state index contributed by atoms with van der Waals surface area (Å²) in [6.45, 7) is 1.22. The Morgan fingerprint density at radius 2 is 1.88 bits per heavy atom. The van der Waals surface area contributed by atoms with Crippen LogP contribution in [0.2, 0.25) is 0 Å². The van der Waals surface area contributed by atoms with Crippen LogP contribution in [0.25, 0.3) is 6.08 Å². The number of phenols is 2. The third-order valence-electron chi connectivity index (χ3n) is 1.96. The number of hydrogen-bond acceptors (Lipinski definition) is 4. The summed E-state index contributed by atoms with van der Waals surface area (Å²) in [6.07, 6.45) is 1.25. The number of phenolic OH excluding ortho intramolecular Hbond substituents is 2. The zero-order valence-electron chi connectivity index (χ0n) is 8.60. The first-order valence-electron chi connectivity index (χ1n) is 4.46. The molecule has 0 heterocycles. The van der Waals surface area contributed by atoms with E-state index >= 15 is 0 Å². The normalized spacial score (nSPS) is 11.2. The Bertz CT molecular complexity index is 461. The van der Waals surface area contributed by atoms with Crippen LogP contribution in [0, 0.1) is 0 Å². The van der Waals surface area contributed by atoms with Crippen molar-refractivity contribution in [1.29, 1.82) is 0 Å². The van der Waals surface area contributed by atoms with Gasteiger partial charge in [-0.05, 0) is 30.7 Å². The minimum Gasteiger partial charge on any atom is -0.504 e. The fourth-order valence-corrected chi connectivity index (χ4v) is 1.14. The molecule has 4 N–H and O–H groups in total. The second-order valence-electron chi connectivity index (χ2n) is 3.23. The molecule has 5 heteroatoms. The summed E-state index contributed by atoms with van der Waals surface area (Å²) in [7, 11) is 0. The van der Waals surface area contributed by atoms with Gasteiger partial charge in [-0.3, -0.25) is 9.59 Å². The van der Waals surface area contributed by atoms with Crippen molar-refractivity contribution in [2.24, 2.45) is 5.73 Å². The molecular formula is C11H11NO4. The average Bonchev–Trinajstić information content (AvgIpc) is 2.18. The Labute approximate surface area is 91.8 Å². The summed E-state index contributed by atoms with van der Waals surface area (Å²) in [4.78, 5) is 22.0. The maximum Gasteiger partial charge on any atom is 0.252 e. The standard InChI is InChI=1S/C11H11NO4/c1-6(13)8(11(12)16)4-7-2-3-9(14)10(15)5-7/h2-5,14-15H,1H3,(H2,12,16)/b8-4+. The molecule has 1 amide bonds. The molecule has 0 fully saturated rings. The summed E-state index contributed by atoms with van der Waals surface area (Å²) in [5.74, 6) is -1.90. The van der Waals surface area contributed by atoms with E-state index < -0.39 is 11.7 Å². The number of carbonyl (C=O) groups is 2. The van der Waals surface area contributed by atoms with E-state index in [-0.39, 0.29) is 17.1 Å². The van der Waals surface area contributed by atoms with Gasteiger partial charge in [0.1, 0.15) is 0 Å². The molecule has 0 atom stereocenters. The minimum absolute atomic E-state index is 0.162. The highest BCUT2D eigenvalue weighted by atomic mass is 16.3. The van der Waals surface area contributed by atoms with Crippen LogP contribution in [-0.4, -0.2) is 21.9 Å². The van der Waals surface area contributed by atoms with Crippen LogP contribution < -0.4 is 5.73 Å². The summed E-state index contributed by atoms with van der Waals surface area (Å²) < 4.78 is 0. The summed E-state index contributed by atoms with van der Waals surface area (Å²) in [5.41, 5.74) is 5.25. The van der Waals surface area contributed by atoms with Gasteiger partial charge in [-0.15, -0.1) is 0 Å². The van der Waals surface area contributed by atoms with Crippen molar-refractivity contribution in [3.8, 4) is 11.5 Å². The van der Waals surface area contributed by atoms with Gasteiger partial charge >= 0.3 is 0 Å². The first kappa shape index (κ1) is 11.8. The minimum atomic E-state index is -0.833. The fourth-order valence-electron chi connectivity index (χ4n) is 1.14. The Hall–Kier alpha value is -2.30. The number of primary amides is 1. The second-order valence-corrected chi connectivity index (χ2v) is 3.23. The van der Waals surface area contributed by atoms with E-state index in [4.69, 9.17) is 10.8 Å². The monoisotopic (exact) mass is 221 g/mol. The first-order chi connectivity index (χ1) is 7.41. The molecule has 1 aromatic carbocycles. The Kier molecular flexibility index (Phi) is 3.30. The molecular weight excluding hydrogens is 210 g/mol. The number of rotatable bonds is 3. The lowest BCUT2D eigenvalue weighted by Crippen LogP contribution is -2.18. The van der Waals surface area contributed by atoms with E-state index in [0.29, 0.717) is 5.56 Å². The molecule has 16 heavy (non-hydrogen) atoms. The van der Waals surface area contributed by atoms with E-state index in [9.17, 15) is 14.7 Å². The van der Waals surface area contributed by atoms with Gasteiger partial charge in [0, 0.05) is 0 Å². The molecule has 0 aliphatic rings. The molecule has 0 saturated heterocycles. The number of ketones is 1. The molecule has 1 rings (SSSR count). The number of carbonyl (C=O) groups excluding carboxylic acids is 2. The van der Waals surface area contributed by atoms with Crippen LogP contribution in [-0.2, 0) is 9.59 Å². The van der Waals surface area contributed by atoms with Crippen molar-refractivity contribution < 1.29 is 19.8 Å². The highest BCUT2D eigenvalue weighted by Gasteiger charge is 2.10. The Balaban J connectivity index is 3.18. The summed E-state index contributed by atoms with van der Waals surface area (Å²) in [5, 5.41) is 18.3. The molecule has 0 aromatic heterocycles. The maximum absolute atomic E-state index is 11.1. The Morgan fingerprint density at radius 3 is 2.31 bits per heavy atom. The maximum atomic E-state index is 11.1.